The van der Waals surface area contributed by atoms with Gasteiger partial charge in [-0.2, -0.15) is 0 Å². The first-order valence-electron chi connectivity index (χ1n) is 9.17. The Hall–Kier alpha value is -3.43. The summed E-state index contributed by atoms with van der Waals surface area (Å²) in [5.41, 5.74) is -0.203. The third-order valence-corrected chi connectivity index (χ3v) is 5.26. The number of aryl methyl sites for hydroxylation is 1. The van der Waals surface area contributed by atoms with Crippen LogP contribution in [-0.4, -0.2) is 62.1 Å². The van der Waals surface area contributed by atoms with Crippen molar-refractivity contribution in [3.8, 4) is 5.75 Å². The van der Waals surface area contributed by atoms with E-state index in [0.717, 1.165) is 12.8 Å². The molecule has 1 aliphatic heterocycles. The Balaban J connectivity index is 1.99. The van der Waals surface area contributed by atoms with Crippen molar-refractivity contribution in [2.45, 2.75) is 25.7 Å². The molecule has 0 atom stereocenters. The van der Waals surface area contributed by atoms with Gasteiger partial charge in [-0.25, -0.2) is 0 Å². The summed E-state index contributed by atoms with van der Waals surface area (Å²) in [6, 6.07) is 1.65. The van der Waals surface area contributed by atoms with Crippen LogP contribution in [0.5, 0.6) is 5.75 Å². The fraction of sp³-hybridized carbons (Fsp3) is 0.421. The number of carboxylic acids is 1. The van der Waals surface area contributed by atoms with Crippen molar-refractivity contribution in [3.05, 3.63) is 33.9 Å². The quantitative estimate of drug-likeness (QED) is 0.662. The van der Waals surface area contributed by atoms with E-state index < -0.39 is 35.3 Å². The van der Waals surface area contributed by atoms with E-state index >= 15 is 0 Å². The van der Waals surface area contributed by atoms with Gasteiger partial charge in [-0.3, -0.25) is 24.2 Å². The summed E-state index contributed by atoms with van der Waals surface area (Å²) in [6.45, 7) is 2.09. The van der Waals surface area contributed by atoms with E-state index in [-0.39, 0.29) is 17.2 Å². The summed E-state index contributed by atoms with van der Waals surface area (Å²) in [6.07, 6.45) is 2.91. The summed E-state index contributed by atoms with van der Waals surface area (Å²) >= 11 is 0. The van der Waals surface area contributed by atoms with Gasteiger partial charge < -0.3 is 25.0 Å². The molecule has 0 radical (unpaired) electrons. The number of carbonyl (C=O) groups excluding carboxylic acids is 2. The van der Waals surface area contributed by atoms with Crippen LogP contribution in [0.1, 0.15) is 41.7 Å². The molecule has 0 spiro atoms. The van der Waals surface area contributed by atoms with E-state index in [1.807, 2.05) is 0 Å². The van der Waals surface area contributed by atoms with Gasteiger partial charge in [-0.05, 0) is 18.9 Å². The Morgan fingerprint density at radius 3 is 2.52 bits per heavy atom. The largest absolute Gasteiger partial charge is 0.506 e. The van der Waals surface area contributed by atoms with E-state index in [9.17, 15) is 24.3 Å². The highest BCUT2D eigenvalue weighted by Gasteiger charge is 2.26. The maximum atomic E-state index is 12.5. The third kappa shape index (κ3) is 3.91. The van der Waals surface area contributed by atoms with Gasteiger partial charge in [0.25, 0.3) is 11.5 Å². The Morgan fingerprint density at radius 2 is 1.93 bits per heavy atom. The lowest BCUT2D eigenvalue weighted by Crippen LogP contribution is -2.36. The molecule has 10 nitrogen and oxygen atoms in total. The highest BCUT2D eigenvalue weighted by molar-refractivity contribution is 6.03. The molecule has 3 N–H and O–H groups in total. The smallest absolute Gasteiger partial charge is 0.322 e. The molecule has 0 aliphatic carbocycles. The molecular formula is C19H22N4O6. The van der Waals surface area contributed by atoms with Crippen molar-refractivity contribution in [1.82, 2.24) is 19.8 Å². The maximum absolute atomic E-state index is 12.5. The fourth-order valence-electron chi connectivity index (χ4n) is 3.60. The van der Waals surface area contributed by atoms with E-state index in [0.29, 0.717) is 24.3 Å². The second-order valence-electron chi connectivity index (χ2n) is 7.07. The molecule has 1 fully saturated rings. The van der Waals surface area contributed by atoms with Crippen LogP contribution in [0.4, 0.5) is 0 Å². The zero-order chi connectivity index (χ0) is 21.3. The molecule has 154 valence electrons. The number of nitrogens with one attached hydrogen (secondary N) is 1. The molecule has 29 heavy (non-hydrogen) atoms. The average Bonchev–Trinajstić information content (AvgIpc) is 2.70. The lowest BCUT2D eigenvalue weighted by atomic mass is 9.92. The molecule has 3 rings (SSSR count). The lowest BCUT2D eigenvalue weighted by Gasteiger charge is -2.31. The SMILES string of the molecule is CC(=O)N1CCC(c2cc3c(O)c(C(=O)NCC(=O)O)c(=O)n(C)c3cn2)CC1. The van der Waals surface area contributed by atoms with Crippen molar-refractivity contribution in [1.29, 1.82) is 0 Å². The third-order valence-electron chi connectivity index (χ3n) is 5.26. The Kier molecular flexibility index (Phi) is 5.53. The summed E-state index contributed by atoms with van der Waals surface area (Å²) < 4.78 is 1.19. The molecule has 1 aliphatic rings. The number of carbonyl (C=O) groups is 3. The van der Waals surface area contributed by atoms with Gasteiger partial charge in [0.05, 0.1) is 11.7 Å². The molecule has 0 saturated carbocycles. The number of piperidine rings is 1. The summed E-state index contributed by atoms with van der Waals surface area (Å²) in [5, 5.41) is 21.7. The Labute approximate surface area is 165 Å². The van der Waals surface area contributed by atoms with Crippen molar-refractivity contribution in [2.24, 2.45) is 7.05 Å². The predicted molar refractivity (Wildman–Crippen MR) is 103 cm³/mol. The molecule has 0 bridgehead atoms. The number of fused-ring (bicyclic) bond motifs is 1. The number of aromatic hydroxyl groups is 1. The number of carboxylic acid groups (broad SMARTS) is 1. The van der Waals surface area contributed by atoms with Gasteiger partial charge in [-0.15, -0.1) is 0 Å². The highest BCUT2D eigenvalue weighted by atomic mass is 16.4. The van der Waals surface area contributed by atoms with Crippen LogP contribution in [0.2, 0.25) is 0 Å². The predicted octanol–water partition coefficient (Wildman–Crippen LogP) is 0.179. The molecule has 1 saturated heterocycles. The number of pyridine rings is 2. The van der Waals surface area contributed by atoms with Crippen molar-refractivity contribution in [3.63, 3.8) is 0 Å². The molecule has 2 aromatic heterocycles. The standard InChI is InChI=1S/C19H22N4O6/c1-10(24)23-5-3-11(4-6-23)13-7-12-14(8-20-13)22(2)19(29)16(17(12)27)18(28)21-9-15(25)26/h7-8,11,27H,3-6,9H2,1-2H3,(H,21,28)(H,25,26). The molecule has 2 amide bonds. The number of hydrogen-bond acceptors (Lipinski definition) is 6. The zero-order valence-electron chi connectivity index (χ0n) is 16.1. The van der Waals surface area contributed by atoms with E-state index in [1.165, 1.54) is 24.7 Å². The first-order valence-corrected chi connectivity index (χ1v) is 9.17. The minimum absolute atomic E-state index is 0.0274. The average molecular weight is 402 g/mol. The number of aliphatic carboxylic acids is 1. The van der Waals surface area contributed by atoms with Crippen LogP contribution in [-0.2, 0) is 16.6 Å². The molecule has 0 unspecified atom stereocenters. The fourth-order valence-corrected chi connectivity index (χ4v) is 3.60. The second-order valence-corrected chi connectivity index (χ2v) is 7.07. The van der Waals surface area contributed by atoms with E-state index in [4.69, 9.17) is 5.11 Å². The van der Waals surface area contributed by atoms with Crippen LogP contribution >= 0.6 is 0 Å². The summed E-state index contributed by atoms with van der Waals surface area (Å²) in [4.78, 5) is 53.1. The monoisotopic (exact) mass is 402 g/mol. The van der Waals surface area contributed by atoms with Crippen molar-refractivity contribution in [2.75, 3.05) is 19.6 Å². The Morgan fingerprint density at radius 1 is 1.28 bits per heavy atom. The van der Waals surface area contributed by atoms with Gasteiger partial charge in [0, 0.05) is 44.1 Å². The van der Waals surface area contributed by atoms with Crippen LogP contribution in [0.15, 0.2) is 17.1 Å². The molecular weight excluding hydrogens is 380 g/mol. The normalized spacial score (nSPS) is 14.8. The summed E-state index contributed by atoms with van der Waals surface area (Å²) in [5.74, 6) is -2.62. The van der Waals surface area contributed by atoms with E-state index in [2.05, 4.69) is 10.3 Å². The van der Waals surface area contributed by atoms with Crippen LogP contribution in [0, 0.1) is 0 Å². The maximum Gasteiger partial charge on any atom is 0.322 e. The van der Waals surface area contributed by atoms with Gasteiger partial charge in [0.2, 0.25) is 5.91 Å². The van der Waals surface area contributed by atoms with Gasteiger partial charge in [0.15, 0.2) is 0 Å². The second kappa shape index (κ2) is 7.90. The molecule has 0 aromatic carbocycles. The zero-order valence-corrected chi connectivity index (χ0v) is 16.1. The molecule has 3 heterocycles. The van der Waals surface area contributed by atoms with E-state index in [1.54, 1.807) is 11.0 Å². The number of aromatic nitrogens is 2. The number of rotatable bonds is 4. The number of nitrogens with zero attached hydrogens (tertiary/aromatic N) is 3. The number of amides is 2. The van der Waals surface area contributed by atoms with Crippen molar-refractivity contribution >= 4 is 28.7 Å². The van der Waals surface area contributed by atoms with Crippen molar-refractivity contribution < 1.29 is 24.6 Å². The number of hydrogen-bond donors (Lipinski definition) is 3. The summed E-state index contributed by atoms with van der Waals surface area (Å²) in [7, 11) is 1.45. The number of likely N-dealkylation sites (tertiary alicyclic amines) is 1. The molecule has 2 aromatic rings. The minimum atomic E-state index is -1.26. The first-order chi connectivity index (χ1) is 13.7. The Bertz CT molecular complexity index is 1050. The van der Waals surface area contributed by atoms with Gasteiger partial charge >= 0.3 is 5.97 Å². The van der Waals surface area contributed by atoms with Crippen LogP contribution in [0.25, 0.3) is 10.9 Å². The minimum Gasteiger partial charge on any atom is -0.506 e. The topological polar surface area (TPSA) is 142 Å². The van der Waals surface area contributed by atoms with Gasteiger partial charge in [-0.1, -0.05) is 0 Å². The van der Waals surface area contributed by atoms with Crippen LogP contribution in [0.3, 0.4) is 0 Å². The first kappa shape index (κ1) is 20.3. The lowest BCUT2D eigenvalue weighted by molar-refractivity contribution is -0.135. The van der Waals surface area contributed by atoms with Crippen LogP contribution < -0.4 is 10.9 Å². The van der Waals surface area contributed by atoms with Gasteiger partial charge in [0.1, 0.15) is 17.9 Å². The highest BCUT2D eigenvalue weighted by Crippen LogP contribution is 2.32. The molecule has 10 heteroatoms.